The molecule has 192 valence electrons. The number of benzene rings is 2. The Balaban J connectivity index is 2.15. The molecule has 0 aliphatic carbocycles. The Hall–Kier alpha value is -3.11. The number of nitriles is 1. The van der Waals surface area contributed by atoms with E-state index in [1.807, 2.05) is 18.2 Å². The molecule has 0 aliphatic rings. The largest absolute Gasteiger partial charge is 0.493 e. The molecule has 0 saturated heterocycles. The SMILES string of the molecule is COc1ccc(CCN(C)CCCc2c(C(C#N)C(C)C)cc(OC)c(OC)c2OC)cc1OC. The van der Waals surface area contributed by atoms with Crippen LogP contribution in [0.5, 0.6) is 28.7 Å². The van der Waals surface area contributed by atoms with Gasteiger partial charge in [-0.1, -0.05) is 19.9 Å². The predicted octanol–water partition coefficient (Wildman–Crippen LogP) is 5.10. The highest BCUT2D eigenvalue weighted by Gasteiger charge is 2.26. The van der Waals surface area contributed by atoms with Crippen molar-refractivity contribution in [2.45, 2.75) is 39.0 Å². The first-order chi connectivity index (χ1) is 16.8. The van der Waals surface area contributed by atoms with Crippen LogP contribution in [-0.4, -0.2) is 60.6 Å². The fourth-order valence-corrected chi connectivity index (χ4v) is 4.34. The molecule has 1 atom stereocenters. The van der Waals surface area contributed by atoms with Crippen molar-refractivity contribution < 1.29 is 23.7 Å². The standard InChI is InChI=1S/C28H40N2O5/c1-19(2)23(18-29)22-17-26(33-6)28(35-8)27(34-7)21(22)10-9-14-30(3)15-13-20-11-12-24(31-4)25(16-20)32-5/h11-12,16-17,19,23H,9-10,13-15H2,1-8H3. The van der Waals surface area contributed by atoms with Crippen molar-refractivity contribution in [3.8, 4) is 34.8 Å². The van der Waals surface area contributed by atoms with Crippen LogP contribution in [0.1, 0.15) is 42.9 Å². The number of rotatable bonds is 14. The molecule has 0 spiro atoms. The van der Waals surface area contributed by atoms with Gasteiger partial charge in [0.15, 0.2) is 23.0 Å². The smallest absolute Gasteiger partial charge is 0.203 e. The van der Waals surface area contributed by atoms with E-state index in [1.165, 1.54) is 5.56 Å². The van der Waals surface area contributed by atoms with Crippen molar-refractivity contribution in [2.24, 2.45) is 5.92 Å². The minimum atomic E-state index is -0.263. The van der Waals surface area contributed by atoms with Crippen molar-refractivity contribution in [1.29, 1.82) is 5.26 Å². The van der Waals surface area contributed by atoms with Gasteiger partial charge >= 0.3 is 0 Å². The summed E-state index contributed by atoms with van der Waals surface area (Å²) >= 11 is 0. The molecule has 0 saturated carbocycles. The van der Waals surface area contributed by atoms with Crippen molar-refractivity contribution in [3.05, 3.63) is 41.0 Å². The van der Waals surface area contributed by atoms with E-state index in [0.717, 1.165) is 55.0 Å². The first kappa shape index (κ1) is 28.1. The van der Waals surface area contributed by atoms with Crippen LogP contribution in [0.3, 0.4) is 0 Å². The average molecular weight is 485 g/mol. The van der Waals surface area contributed by atoms with Gasteiger partial charge in [0.1, 0.15) is 0 Å². The summed E-state index contributed by atoms with van der Waals surface area (Å²) in [5.41, 5.74) is 3.16. The molecule has 0 radical (unpaired) electrons. The van der Waals surface area contributed by atoms with Gasteiger partial charge in [0.05, 0.1) is 47.5 Å². The first-order valence-corrected chi connectivity index (χ1v) is 12.0. The molecule has 35 heavy (non-hydrogen) atoms. The van der Waals surface area contributed by atoms with Gasteiger partial charge in [0, 0.05) is 12.1 Å². The topological polar surface area (TPSA) is 73.2 Å². The first-order valence-electron chi connectivity index (χ1n) is 12.0. The zero-order chi connectivity index (χ0) is 26.0. The lowest BCUT2D eigenvalue weighted by atomic mass is 9.84. The van der Waals surface area contributed by atoms with Crippen molar-refractivity contribution in [2.75, 3.05) is 55.7 Å². The maximum atomic E-state index is 9.90. The second-order valence-electron chi connectivity index (χ2n) is 8.91. The summed E-state index contributed by atoms with van der Waals surface area (Å²) in [4.78, 5) is 2.31. The number of ether oxygens (including phenoxy) is 5. The molecule has 2 rings (SSSR count). The van der Waals surface area contributed by atoms with E-state index in [1.54, 1.807) is 35.5 Å². The van der Waals surface area contributed by atoms with Gasteiger partial charge in [-0.05, 0) is 68.1 Å². The molecule has 0 bridgehead atoms. The van der Waals surface area contributed by atoms with Gasteiger partial charge in [-0.2, -0.15) is 5.26 Å². The molecule has 0 aromatic heterocycles. The summed E-state index contributed by atoms with van der Waals surface area (Å²) in [6, 6.07) is 10.5. The van der Waals surface area contributed by atoms with E-state index in [0.29, 0.717) is 17.2 Å². The van der Waals surface area contributed by atoms with Crippen molar-refractivity contribution in [1.82, 2.24) is 4.90 Å². The minimum Gasteiger partial charge on any atom is -0.493 e. The minimum absolute atomic E-state index is 0.158. The lowest BCUT2D eigenvalue weighted by Gasteiger charge is -2.24. The maximum absolute atomic E-state index is 9.90. The van der Waals surface area contributed by atoms with Crippen LogP contribution in [0.25, 0.3) is 0 Å². The van der Waals surface area contributed by atoms with Crippen LogP contribution in [0.15, 0.2) is 24.3 Å². The van der Waals surface area contributed by atoms with Crippen LogP contribution in [0.4, 0.5) is 0 Å². The molecule has 0 heterocycles. The Morgan fingerprint density at radius 1 is 0.800 bits per heavy atom. The van der Waals surface area contributed by atoms with Crippen LogP contribution in [0.2, 0.25) is 0 Å². The molecular formula is C28H40N2O5. The van der Waals surface area contributed by atoms with Gasteiger partial charge in [-0.25, -0.2) is 0 Å². The predicted molar refractivity (Wildman–Crippen MR) is 138 cm³/mol. The van der Waals surface area contributed by atoms with Crippen LogP contribution < -0.4 is 23.7 Å². The lowest BCUT2D eigenvalue weighted by Crippen LogP contribution is -2.23. The fraction of sp³-hybridized carbons (Fsp3) is 0.536. The summed E-state index contributed by atoms with van der Waals surface area (Å²) in [5, 5.41) is 9.90. The molecule has 0 aliphatic heterocycles. The zero-order valence-electron chi connectivity index (χ0n) is 22.4. The molecular weight excluding hydrogens is 444 g/mol. The Bertz CT molecular complexity index is 1000. The monoisotopic (exact) mass is 484 g/mol. The van der Waals surface area contributed by atoms with Gasteiger partial charge in [-0.15, -0.1) is 0 Å². The Labute approximate surface area is 210 Å². The van der Waals surface area contributed by atoms with E-state index < -0.39 is 0 Å². The number of hydrogen-bond acceptors (Lipinski definition) is 7. The second kappa shape index (κ2) is 13.7. The van der Waals surface area contributed by atoms with E-state index in [9.17, 15) is 5.26 Å². The second-order valence-corrected chi connectivity index (χ2v) is 8.91. The third kappa shape index (κ3) is 6.95. The van der Waals surface area contributed by atoms with Gasteiger partial charge in [0.2, 0.25) is 5.75 Å². The van der Waals surface area contributed by atoms with Crippen LogP contribution in [-0.2, 0) is 12.8 Å². The summed E-state index contributed by atoms with van der Waals surface area (Å²) < 4.78 is 27.7. The van der Waals surface area contributed by atoms with Crippen molar-refractivity contribution >= 4 is 0 Å². The summed E-state index contributed by atoms with van der Waals surface area (Å²) in [5.74, 6) is 3.18. The molecule has 2 aromatic rings. The zero-order valence-corrected chi connectivity index (χ0v) is 22.4. The molecule has 7 nitrogen and oxygen atoms in total. The van der Waals surface area contributed by atoms with Crippen LogP contribution >= 0.6 is 0 Å². The molecule has 0 N–H and O–H groups in total. The highest BCUT2D eigenvalue weighted by molar-refractivity contribution is 5.60. The lowest BCUT2D eigenvalue weighted by molar-refractivity contribution is 0.316. The third-order valence-corrected chi connectivity index (χ3v) is 6.30. The number of methoxy groups -OCH3 is 5. The summed E-state index contributed by atoms with van der Waals surface area (Å²) in [6.45, 7) is 5.94. The quantitative estimate of drug-likeness (QED) is 0.369. The van der Waals surface area contributed by atoms with E-state index in [4.69, 9.17) is 23.7 Å². The number of likely N-dealkylation sites (N-methyl/N-ethyl adjacent to an activating group) is 1. The average Bonchev–Trinajstić information content (AvgIpc) is 2.87. The van der Waals surface area contributed by atoms with Crippen molar-refractivity contribution in [3.63, 3.8) is 0 Å². The Morgan fingerprint density at radius 3 is 2.00 bits per heavy atom. The molecule has 1 unspecified atom stereocenters. The molecule has 0 amide bonds. The fourth-order valence-electron chi connectivity index (χ4n) is 4.34. The van der Waals surface area contributed by atoms with Gasteiger partial charge < -0.3 is 28.6 Å². The molecule has 7 heteroatoms. The van der Waals surface area contributed by atoms with Gasteiger partial charge in [-0.3, -0.25) is 0 Å². The normalized spacial score (nSPS) is 11.8. The summed E-state index contributed by atoms with van der Waals surface area (Å²) in [6.07, 6.45) is 2.59. The number of nitrogens with zero attached hydrogens (tertiary/aromatic N) is 2. The Morgan fingerprint density at radius 2 is 1.46 bits per heavy atom. The van der Waals surface area contributed by atoms with E-state index >= 15 is 0 Å². The summed E-state index contributed by atoms with van der Waals surface area (Å²) in [7, 11) is 10.3. The maximum Gasteiger partial charge on any atom is 0.203 e. The van der Waals surface area contributed by atoms with E-state index in [-0.39, 0.29) is 11.8 Å². The number of hydrogen-bond donors (Lipinski definition) is 0. The molecule has 0 fully saturated rings. The third-order valence-electron chi connectivity index (χ3n) is 6.30. The van der Waals surface area contributed by atoms with Gasteiger partial charge in [0.25, 0.3) is 0 Å². The molecule has 2 aromatic carbocycles. The Kier molecular flexibility index (Phi) is 11.0. The van der Waals surface area contributed by atoms with Crippen LogP contribution in [0, 0.1) is 17.2 Å². The highest BCUT2D eigenvalue weighted by atomic mass is 16.5. The van der Waals surface area contributed by atoms with E-state index in [2.05, 4.69) is 37.9 Å². The highest BCUT2D eigenvalue weighted by Crippen LogP contribution is 2.45.